The van der Waals surface area contributed by atoms with E-state index in [1.54, 1.807) is 34.4 Å². The van der Waals surface area contributed by atoms with Gasteiger partial charge in [-0.1, -0.05) is 0 Å². The Balaban J connectivity index is 1.40. The summed E-state index contributed by atoms with van der Waals surface area (Å²) < 4.78 is 11.6. The van der Waals surface area contributed by atoms with E-state index >= 15 is 0 Å². The summed E-state index contributed by atoms with van der Waals surface area (Å²) in [5, 5.41) is 0. The van der Waals surface area contributed by atoms with E-state index in [0.29, 0.717) is 42.5 Å². The van der Waals surface area contributed by atoms with Gasteiger partial charge >= 0.3 is 6.03 Å². The van der Waals surface area contributed by atoms with Crippen LogP contribution in [0.3, 0.4) is 0 Å². The van der Waals surface area contributed by atoms with E-state index in [1.807, 2.05) is 36.2 Å². The van der Waals surface area contributed by atoms with E-state index in [0.717, 1.165) is 17.8 Å². The van der Waals surface area contributed by atoms with Crippen molar-refractivity contribution in [1.82, 2.24) is 39.0 Å². The molecular weight excluding hydrogens is 410 g/mol. The molecular formula is C21H24N9O2+. The number of nitrogens with zero attached hydrogens (tertiary/aromatic N) is 9. The number of carbonyl (C=O) groups is 1. The fourth-order valence-electron chi connectivity index (χ4n) is 3.91. The highest BCUT2D eigenvalue weighted by Crippen LogP contribution is 2.29. The molecule has 0 radical (unpaired) electrons. The van der Waals surface area contributed by atoms with Crippen LogP contribution in [-0.2, 0) is 13.6 Å². The largest absolute Gasteiger partial charge is 0.471 e. The number of carbonyl (C=O) groups excluding carboxylic acids is 1. The summed E-state index contributed by atoms with van der Waals surface area (Å²) in [6.07, 6.45) is 10.9. The van der Waals surface area contributed by atoms with Gasteiger partial charge in [0.05, 0.1) is 19.2 Å². The first kappa shape index (κ1) is 20.0. The number of ether oxygens (including phenoxy) is 1. The van der Waals surface area contributed by atoms with Crippen molar-refractivity contribution in [2.45, 2.75) is 32.9 Å². The van der Waals surface area contributed by atoms with Gasteiger partial charge in [0, 0.05) is 31.9 Å². The monoisotopic (exact) mass is 434 g/mol. The van der Waals surface area contributed by atoms with Crippen LogP contribution in [0.2, 0.25) is 0 Å². The zero-order valence-electron chi connectivity index (χ0n) is 18.2. The molecule has 1 aliphatic heterocycles. The molecule has 5 rings (SSSR count). The molecule has 32 heavy (non-hydrogen) atoms. The second-order valence-electron chi connectivity index (χ2n) is 7.79. The lowest BCUT2D eigenvalue weighted by atomic mass is 10.3. The van der Waals surface area contributed by atoms with Crippen molar-refractivity contribution in [2.24, 2.45) is 7.05 Å². The Morgan fingerprint density at radius 1 is 1.25 bits per heavy atom. The molecule has 11 heteroatoms. The third kappa shape index (κ3) is 3.55. The quantitative estimate of drug-likeness (QED) is 0.446. The van der Waals surface area contributed by atoms with Gasteiger partial charge in [0.15, 0.2) is 11.2 Å². The van der Waals surface area contributed by atoms with Gasteiger partial charge in [-0.2, -0.15) is 9.55 Å². The lowest BCUT2D eigenvalue weighted by molar-refractivity contribution is -0.670. The molecule has 0 aliphatic carbocycles. The predicted octanol–water partition coefficient (Wildman–Crippen LogP) is 1.36. The number of imidazole rings is 2. The Kier molecular flexibility index (Phi) is 5.00. The first-order valence-electron chi connectivity index (χ1n) is 10.5. The number of likely N-dealkylation sites (tertiary alicyclic amines) is 1. The number of fused-ring (bicyclic) bond motifs is 1. The molecule has 1 amide bonds. The fraction of sp³-hybridized carbons (Fsp3) is 0.381. The minimum absolute atomic E-state index is 0.0681. The Morgan fingerprint density at radius 2 is 2.06 bits per heavy atom. The van der Waals surface area contributed by atoms with Gasteiger partial charge in [-0.05, 0) is 13.8 Å². The minimum Gasteiger partial charge on any atom is -0.471 e. The number of aryl methyl sites for hydroxylation is 3. The molecule has 0 spiro atoms. The van der Waals surface area contributed by atoms with Crippen molar-refractivity contribution in [3.05, 3.63) is 43.3 Å². The molecule has 4 aromatic heterocycles. The van der Waals surface area contributed by atoms with E-state index in [4.69, 9.17) is 9.72 Å². The summed E-state index contributed by atoms with van der Waals surface area (Å²) in [5.41, 5.74) is 2.09. The highest BCUT2D eigenvalue weighted by Gasteiger charge is 2.32. The molecule has 0 saturated carbocycles. The third-order valence-corrected chi connectivity index (χ3v) is 5.54. The van der Waals surface area contributed by atoms with Crippen molar-refractivity contribution in [2.75, 3.05) is 13.1 Å². The lowest BCUT2D eigenvalue weighted by Gasteiger charge is -2.14. The van der Waals surface area contributed by atoms with Crippen LogP contribution in [0, 0.1) is 6.92 Å². The second-order valence-corrected chi connectivity index (χ2v) is 7.79. The number of aromatic nitrogens is 8. The fourth-order valence-corrected chi connectivity index (χ4v) is 3.91. The van der Waals surface area contributed by atoms with Crippen LogP contribution < -0.4 is 9.30 Å². The van der Waals surface area contributed by atoms with E-state index in [2.05, 4.69) is 19.9 Å². The van der Waals surface area contributed by atoms with E-state index in [1.165, 1.54) is 6.33 Å². The second kappa shape index (κ2) is 7.98. The van der Waals surface area contributed by atoms with Crippen LogP contribution in [-0.4, -0.2) is 64.2 Å². The van der Waals surface area contributed by atoms with Gasteiger partial charge in [-0.25, -0.2) is 29.3 Å². The van der Waals surface area contributed by atoms with Gasteiger partial charge in [0.1, 0.15) is 36.5 Å². The molecule has 0 aromatic carbocycles. The summed E-state index contributed by atoms with van der Waals surface area (Å²) >= 11 is 0. The summed E-state index contributed by atoms with van der Waals surface area (Å²) in [7, 11) is 1.88. The van der Waals surface area contributed by atoms with Crippen LogP contribution in [0.25, 0.3) is 22.6 Å². The van der Waals surface area contributed by atoms with E-state index in [-0.39, 0.29) is 12.1 Å². The molecule has 5 heterocycles. The van der Waals surface area contributed by atoms with Crippen molar-refractivity contribution in [1.29, 1.82) is 0 Å². The maximum absolute atomic E-state index is 12.7. The maximum atomic E-state index is 12.7. The molecule has 1 saturated heterocycles. The van der Waals surface area contributed by atoms with Crippen molar-refractivity contribution in [3.8, 4) is 17.3 Å². The van der Waals surface area contributed by atoms with Gasteiger partial charge in [0.25, 0.3) is 6.33 Å². The standard InChI is InChI=1S/C21H24N9O2/c1-4-30-18(15-9-22-14(2)23-10-15)26-17-19(30)24-12-25-20(17)32-16-5-6-28(11-16)21(31)29-8-7-27(3)13-29/h7-10,12-13,16H,4-6,11H2,1-3H3/q+1. The average molecular weight is 434 g/mol. The van der Waals surface area contributed by atoms with Crippen molar-refractivity contribution >= 4 is 17.2 Å². The zero-order valence-corrected chi connectivity index (χ0v) is 18.2. The average Bonchev–Trinajstić information content (AvgIpc) is 3.52. The molecule has 0 N–H and O–H groups in total. The number of rotatable bonds is 4. The van der Waals surface area contributed by atoms with Crippen LogP contribution in [0.1, 0.15) is 19.2 Å². The van der Waals surface area contributed by atoms with Crippen LogP contribution in [0.5, 0.6) is 5.88 Å². The summed E-state index contributed by atoms with van der Waals surface area (Å²) in [5.74, 6) is 1.84. The van der Waals surface area contributed by atoms with E-state index < -0.39 is 0 Å². The Bertz CT molecular complexity index is 1280. The molecule has 4 aromatic rings. The number of amides is 1. The van der Waals surface area contributed by atoms with Crippen LogP contribution >= 0.6 is 0 Å². The minimum atomic E-state index is -0.167. The van der Waals surface area contributed by atoms with Crippen LogP contribution in [0.15, 0.2) is 37.4 Å². The molecule has 1 fully saturated rings. The highest BCUT2D eigenvalue weighted by molar-refractivity contribution is 5.81. The molecule has 1 atom stereocenters. The summed E-state index contributed by atoms with van der Waals surface area (Å²) in [4.78, 5) is 36.6. The molecule has 0 bridgehead atoms. The highest BCUT2D eigenvalue weighted by atomic mass is 16.5. The molecule has 11 nitrogen and oxygen atoms in total. The Labute approximate surface area is 184 Å². The first-order valence-corrected chi connectivity index (χ1v) is 10.5. The van der Waals surface area contributed by atoms with Gasteiger partial charge in [0.2, 0.25) is 5.88 Å². The topological polar surface area (TPSA) is 108 Å². The molecule has 1 aliphatic rings. The van der Waals surface area contributed by atoms with Gasteiger partial charge < -0.3 is 14.2 Å². The summed E-state index contributed by atoms with van der Waals surface area (Å²) in [6.45, 7) is 5.66. The first-order chi connectivity index (χ1) is 15.5. The maximum Gasteiger partial charge on any atom is 0.415 e. The Hall–Kier alpha value is -3.89. The molecule has 1 unspecified atom stereocenters. The van der Waals surface area contributed by atoms with Crippen LogP contribution in [0.4, 0.5) is 4.79 Å². The van der Waals surface area contributed by atoms with Crippen molar-refractivity contribution < 1.29 is 14.1 Å². The molecule has 164 valence electrons. The smallest absolute Gasteiger partial charge is 0.415 e. The number of hydrogen-bond donors (Lipinski definition) is 0. The zero-order chi connectivity index (χ0) is 22.2. The SMILES string of the molecule is CCn1c(-c2cnc(C)nc2)nc2c(OC3CCN(C(=O)n4cc[n+](C)c4)C3)ncnc21. The van der Waals surface area contributed by atoms with Crippen molar-refractivity contribution in [3.63, 3.8) is 0 Å². The Morgan fingerprint density at radius 3 is 2.78 bits per heavy atom. The number of hydrogen-bond acceptors (Lipinski definition) is 7. The lowest BCUT2D eigenvalue weighted by Crippen LogP contribution is -2.35. The third-order valence-electron chi connectivity index (χ3n) is 5.54. The predicted molar refractivity (Wildman–Crippen MR) is 114 cm³/mol. The van der Waals surface area contributed by atoms with Gasteiger partial charge in [-0.15, -0.1) is 0 Å². The van der Waals surface area contributed by atoms with Gasteiger partial charge in [-0.3, -0.25) is 0 Å². The summed E-state index contributed by atoms with van der Waals surface area (Å²) in [6, 6.07) is -0.0681. The van der Waals surface area contributed by atoms with E-state index in [9.17, 15) is 4.79 Å². The normalized spacial score (nSPS) is 16.1.